The van der Waals surface area contributed by atoms with Crippen molar-refractivity contribution in [2.45, 2.75) is 12.2 Å². The van der Waals surface area contributed by atoms with Gasteiger partial charge < -0.3 is 0 Å². The minimum absolute atomic E-state index is 0.135. The van der Waals surface area contributed by atoms with Gasteiger partial charge in [0.1, 0.15) is 5.82 Å². The maximum Gasteiger partial charge on any atom is 0.215 e. The Bertz CT molecular complexity index is 440. The molecule has 0 saturated carbocycles. The average molecular weight is 243 g/mol. The molecule has 1 rings (SSSR count). The molecule has 5 heteroatoms. The third-order valence-electron chi connectivity index (χ3n) is 1.94. The summed E-state index contributed by atoms with van der Waals surface area (Å²) in [7, 11) is -3.34. The first kappa shape index (κ1) is 12.9. The fourth-order valence-corrected chi connectivity index (χ4v) is 2.33. The van der Waals surface area contributed by atoms with Crippen molar-refractivity contribution in [3.63, 3.8) is 0 Å². The zero-order valence-electron chi connectivity index (χ0n) is 8.82. The zero-order chi connectivity index (χ0) is 12.0. The number of rotatable bonds is 6. The third-order valence-corrected chi connectivity index (χ3v) is 3.30. The highest BCUT2D eigenvalue weighted by molar-refractivity contribution is 7.88. The lowest BCUT2D eigenvalue weighted by Gasteiger charge is -2.05. The first-order valence-corrected chi connectivity index (χ1v) is 6.51. The summed E-state index contributed by atoms with van der Waals surface area (Å²) in [6, 6.07) is 5.41. The molecular weight excluding hydrogens is 229 g/mol. The number of benzene rings is 1. The van der Waals surface area contributed by atoms with E-state index in [1.54, 1.807) is 6.08 Å². The predicted octanol–water partition coefficient (Wildman–Crippen LogP) is 1.82. The monoisotopic (exact) mass is 243 g/mol. The summed E-state index contributed by atoms with van der Waals surface area (Å²) in [6.07, 6.45) is 2.23. The van der Waals surface area contributed by atoms with E-state index >= 15 is 0 Å². The topological polar surface area (TPSA) is 46.2 Å². The minimum atomic E-state index is -3.34. The maximum absolute atomic E-state index is 12.6. The largest absolute Gasteiger partial charge is 0.215 e. The second-order valence-corrected chi connectivity index (χ2v) is 5.16. The van der Waals surface area contributed by atoms with Crippen LogP contribution in [-0.4, -0.2) is 15.0 Å². The van der Waals surface area contributed by atoms with Gasteiger partial charge >= 0.3 is 0 Å². The summed E-state index contributed by atoms with van der Waals surface area (Å²) in [5.41, 5.74) is 0.563. The lowest BCUT2D eigenvalue weighted by atomic mass is 10.2. The van der Waals surface area contributed by atoms with Gasteiger partial charge in [0.25, 0.3) is 0 Å². The predicted molar refractivity (Wildman–Crippen MR) is 61.8 cm³/mol. The number of hydrogen-bond acceptors (Lipinski definition) is 2. The van der Waals surface area contributed by atoms with E-state index in [2.05, 4.69) is 11.3 Å². The van der Waals surface area contributed by atoms with Crippen LogP contribution in [0.15, 0.2) is 36.9 Å². The lowest BCUT2D eigenvalue weighted by molar-refractivity contribution is 0.581. The molecule has 0 unspecified atom stereocenters. The van der Waals surface area contributed by atoms with Crippen LogP contribution in [0.3, 0.4) is 0 Å². The third kappa shape index (κ3) is 4.55. The fraction of sp³-hybridized carbons (Fsp3) is 0.273. The van der Waals surface area contributed by atoms with Crippen molar-refractivity contribution >= 4 is 10.0 Å². The molecule has 0 amide bonds. The molecule has 0 aliphatic carbocycles. The van der Waals surface area contributed by atoms with E-state index < -0.39 is 10.0 Å². The Balaban J connectivity index is 2.58. The van der Waals surface area contributed by atoms with Crippen molar-refractivity contribution in [1.82, 2.24) is 4.72 Å². The minimum Gasteiger partial charge on any atom is -0.215 e. The van der Waals surface area contributed by atoms with Gasteiger partial charge in [-0.25, -0.2) is 17.5 Å². The first-order valence-electron chi connectivity index (χ1n) is 4.86. The van der Waals surface area contributed by atoms with Gasteiger partial charge in [0.15, 0.2) is 0 Å². The summed E-state index contributed by atoms with van der Waals surface area (Å²) >= 11 is 0. The number of sulfonamides is 1. The van der Waals surface area contributed by atoms with Crippen LogP contribution in [0.1, 0.15) is 12.0 Å². The molecule has 0 radical (unpaired) electrons. The van der Waals surface area contributed by atoms with Crippen molar-refractivity contribution in [1.29, 1.82) is 0 Å². The van der Waals surface area contributed by atoms with Crippen LogP contribution in [0.25, 0.3) is 0 Å². The molecule has 0 saturated heterocycles. The second kappa shape index (κ2) is 5.77. The standard InChI is InChI=1S/C11H14FNO2S/c1-2-3-8-13-16(14,15)9-10-4-6-11(12)7-5-10/h2,4-7,13H,1,3,8-9H2. The molecule has 1 aromatic rings. The maximum atomic E-state index is 12.6. The average Bonchev–Trinajstić information content (AvgIpc) is 2.21. The zero-order valence-corrected chi connectivity index (χ0v) is 9.63. The van der Waals surface area contributed by atoms with E-state index in [9.17, 15) is 12.8 Å². The van der Waals surface area contributed by atoms with Crippen molar-refractivity contribution in [3.8, 4) is 0 Å². The molecule has 0 atom stereocenters. The summed E-state index contributed by atoms with van der Waals surface area (Å²) in [4.78, 5) is 0. The fourth-order valence-electron chi connectivity index (χ4n) is 1.17. The highest BCUT2D eigenvalue weighted by atomic mass is 32.2. The van der Waals surface area contributed by atoms with Gasteiger partial charge in [-0.2, -0.15) is 0 Å². The molecule has 3 nitrogen and oxygen atoms in total. The molecule has 0 aromatic heterocycles. The molecular formula is C11H14FNO2S. The molecule has 1 N–H and O–H groups in total. The van der Waals surface area contributed by atoms with Gasteiger partial charge in [0.2, 0.25) is 10.0 Å². The van der Waals surface area contributed by atoms with E-state index in [0.717, 1.165) is 0 Å². The van der Waals surface area contributed by atoms with Crippen LogP contribution in [0, 0.1) is 5.82 Å². The van der Waals surface area contributed by atoms with Crippen molar-refractivity contribution < 1.29 is 12.8 Å². The summed E-state index contributed by atoms with van der Waals surface area (Å²) in [6.45, 7) is 3.84. The van der Waals surface area contributed by atoms with Crippen LogP contribution >= 0.6 is 0 Å². The molecule has 0 fully saturated rings. The molecule has 0 aliphatic rings. The van der Waals surface area contributed by atoms with Crippen LogP contribution in [0.4, 0.5) is 4.39 Å². The molecule has 0 aliphatic heterocycles. The van der Waals surface area contributed by atoms with Crippen LogP contribution in [-0.2, 0) is 15.8 Å². The Morgan fingerprint density at radius 3 is 2.50 bits per heavy atom. The highest BCUT2D eigenvalue weighted by Crippen LogP contribution is 2.06. The Labute approximate surface area is 95.0 Å². The van der Waals surface area contributed by atoms with Crippen molar-refractivity contribution in [3.05, 3.63) is 48.3 Å². The SMILES string of the molecule is C=CCCNS(=O)(=O)Cc1ccc(F)cc1. The van der Waals surface area contributed by atoms with Crippen LogP contribution in [0.2, 0.25) is 0 Å². The van der Waals surface area contributed by atoms with Crippen molar-refractivity contribution in [2.24, 2.45) is 0 Å². The molecule has 0 heterocycles. The summed E-state index contributed by atoms with van der Waals surface area (Å²) in [5.74, 6) is -0.509. The smallest absolute Gasteiger partial charge is 0.215 e. The van der Waals surface area contributed by atoms with E-state index in [1.807, 2.05) is 0 Å². The summed E-state index contributed by atoms with van der Waals surface area (Å²) in [5, 5.41) is 0. The Hall–Kier alpha value is -1.20. The lowest BCUT2D eigenvalue weighted by Crippen LogP contribution is -2.25. The van der Waals surface area contributed by atoms with Gasteiger partial charge in [-0.15, -0.1) is 6.58 Å². The van der Waals surface area contributed by atoms with Gasteiger partial charge in [-0.3, -0.25) is 0 Å². The Morgan fingerprint density at radius 2 is 1.94 bits per heavy atom. The summed E-state index contributed by atoms with van der Waals surface area (Å²) < 4.78 is 38.1. The normalized spacial score (nSPS) is 11.3. The van der Waals surface area contributed by atoms with Gasteiger partial charge in [-0.05, 0) is 24.1 Å². The number of nitrogens with one attached hydrogen (secondary N) is 1. The molecule has 1 aromatic carbocycles. The van der Waals surface area contributed by atoms with Gasteiger partial charge in [0, 0.05) is 6.54 Å². The quantitative estimate of drug-likeness (QED) is 0.612. The molecule has 0 bridgehead atoms. The van der Waals surface area contributed by atoms with Crippen LogP contribution in [0.5, 0.6) is 0 Å². The van der Waals surface area contributed by atoms with Gasteiger partial charge in [-0.1, -0.05) is 18.2 Å². The molecule has 0 spiro atoms. The Kier molecular flexibility index (Phi) is 4.64. The van der Waals surface area contributed by atoms with Crippen molar-refractivity contribution in [2.75, 3.05) is 6.54 Å². The van der Waals surface area contributed by atoms with E-state index in [-0.39, 0.29) is 11.6 Å². The van der Waals surface area contributed by atoms with E-state index in [4.69, 9.17) is 0 Å². The van der Waals surface area contributed by atoms with Gasteiger partial charge in [0.05, 0.1) is 5.75 Å². The Morgan fingerprint density at radius 1 is 1.31 bits per heavy atom. The highest BCUT2D eigenvalue weighted by Gasteiger charge is 2.10. The number of hydrogen-bond donors (Lipinski definition) is 1. The van der Waals surface area contributed by atoms with Crippen LogP contribution < -0.4 is 4.72 Å². The molecule has 16 heavy (non-hydrogen) atoms. The van der Waals surface area contributed by atoms with E-state index in [1.165, 1.54) is 24.3 Å². The number of halogens is 1. The molecule has 88 valence electrons. The van der Waals surface area contributed by atoms with E-state index in [0.29, 0.717) is 18.5 Å². The second-order valence-electron chi connectivity index (χ2n) is 3.36. The first-order chi connectivity index (χ1) is 7.53.